The maximum atomic E-state index is 4.98. The van der Waals surface area contributed by atoms with Gasteiger partial charge in [0.2, 0.25) is 0 Å². The van der Waals surface area contributed by atoms with Crippen molar-refractivity contribution >= 4 is 11.3 Å². The molecule has 2 heterocycles. The molecular weight excluding hydrogens is 248 g/mol. The van der Waals surface area contributed by atoms with E-state index in [-0.39, 0.29) is 0 Å². The van der Waals surface area contributed by atoms with Crippen LogP contribution in [0.4, 0.5) is 0 Å². The molecule has 5 nitrogen and oxygen atoms in total. The molecule has 0 fully saturated rings. The first-order chi connectivity index (χ1) is 8.78. The molecule has 0 unspecified atom stereocenters. The summed E-state index contributed by atoms with van der Waals surface area (Å²) in [5.74, 6) is 0. The Morgan fingerprint density at radius 1 is 1.50 bits per heavy atom. The summed E-state index contributed by atoms with van der Waals surface area (Å²) >= 11 is 1.67. The summed E-state index contributed by atoms with van der Waals surface area (Å²) in [6, 6.07) is 0. The van der Waals surface area contributed by atoms with Crippen LogP contribution in [0.15, 0.2) is 17.8 Å². The van der Waals surface area contributed by atoms with E-state index in [4.69, 9.17) is 4.74 Å². The lowest BCUT2D eigenvalue weighted by atomic mass is 10.3. The minimum atomic E-state index is 0.729. The standard InChI is InChI=1S/C12H18N4OS/c1-10-9-18-12(15-10)8-16-7-11(6-14-16)5-13-3-4-17-2/h6-7,9,13H,3-5,8H2,1-2H3. The largest absolute Gasteiger partial charge is 0.383 e. The van der Waals surface area contributed by atoms with Crippen LogP contribution in [0.1, 0.15) is 16.3 Å². The molecule has 0 saturated heterocycles. The highest BCUT2D eigenvalue weighted by Gasteiger charge is 2.02. The molecule has 0 aliphatic carbocycles. The molecule has 0 atom stereocenters. The van der Waals surface area contributed by atoms with Gasteiger partial charge in [-0.25, -0.2) is 4.98 Å². The van der Waals surface area contributed by atoms with Crippen molar-refractivity contribution in [3.05, 3.63) is 34.0 Å². The molecule has 0 aliphatic heterocycles. The van der Waals surface area contributed by atoms with E-state index in [1.807, 2.05) is 17.8 Å². The number of nitrogens with zero attached hydrogens (tertiary/aromatic N) is 3. The van der Waals surface area contributed by atoms with E-state index in [0.717, 1.165) is 36.9 Å². The van der Waals surface area contributed by atoms with Crippen molar-refractivity contribution in [2.24, 2.45) is 0 Å². The molecular formula is C12H18N4OS. The first-order valence-corrected chi connectivity index (χ1v) is 6.78. The normalized spacial score (nSPS) is 11.0. The van der Waals surface area contributed by atoms with Crippen LogP contribution in [0.3, 0.4) is 0 Å². The molecule has 18 heavy (non-hydrogen) atoms. The molecule has 0 radical (unpaired) electrons. The average molecular weight is 266 g/mol. The second-order valence-electron chi connectivity index (χ2n) is 4.10. The number of ether oxygens (including phenoxy) is 1. The fourth-order valence-electron chi connectivity index (χ4n) is 1.61. The summed E-state index contributed by atoms with van der Waals surface area (Å²) in [6.45, 7) is 5.16. The number of aromatic nitrogens is 3. The molecule has 0 aromatic carbocycles. The van der Waals surface area contributed by atoms with Gasteiger partial charge in [-0.1, -0.05) is 0 Å². The van der Waals surface area contributed by atoms with Crippen LogP contribution >= 0.6 is 11.3 Å². The molecule has 0 amide bonds. The van der Waals surface area contributed by atoms with Gasteiger partial charge in [0.1, 0.15) is 5.01 Å². The fraction of sp³-hybridized carbons (Fsp3) is 0.500. The Hall–Kier alpha value is -1.24. The van der Waals surface area contributed by atoms with E-state index in [1.54, 1.807) is 18.4 Å². The van der Waals surface area contributed by atoms with Crippen LogP contribution in [0.25, 0.3) is 0 Å². The summed E-state index contributed by atoms with van der Waals surface area (Å²) in [5.41, 5.74) is 2.25. The molecule has 2 aromatic rings. The molecule has 0 spiro atoms. The van der Waals surface area contributed by atoms with E-state index < -0.39 is 0 Å². The van der Waals surface area contributed by atoms with Crippen molar-refractivity contribution in [2.75, 3.05) is 20.3 Å². The van der Waals surface area contributed by atoms with Crippen molar-refractivity contribution in [2.45, 2.75) is 20.0 Å². The summed E-state index contributed by atoms with van der Waals surface area (Å²) in [5, 5.41) is 10.8. The summed E-state index contributed by atoms with van der Waals surface area (Å²) < 4.78 is 6.90. The number of aryl methyl sites for hydroxylation is 1. The van der Waals surface area contributed by atoms with Gasteiger partial charge in [-0.15, -0.1) is 11.3 Å². The molecule has 0 aliphatic rings. The number of hydrogen-bond acceptors (Lipinski definition) is 5. The average Bonchev–Trinajstić information content (AvgIpc) is 2.95. The minimum Gasteiger partial charge on any atom is -0.383 e. The Kier molecular flexibility index (Phi) is 4.86. The Bertz CT molecular complexity index is 480. The lowest BCUT2D eigenvalue weighted by molar-refractivity contribution is 0.199. The highest BCUT2D eigenvalue weighted by molar-refractivity contribution is 7.09. The lowest BCUT2D eigenvalue weighted by Crippen LogP contribution is -2.18. The van der Waals surface area contributed by atoms with Gasteiger partial charge < -0.3 is 10.1 Å². The van der Waals surface area contributed by atoms with Crippen LogP contribution in [0.2, 0.25) is 0 Å². The fourth-order valence-corrected chi connectivity index (χ4v) is 2.37. The second kappa shape index (κ2) is 6.63. The molecule has 0 bridgehead atoms. The molecule has 98 valence electrons. The zero-order chi connectivity index (χ0) is 12.8. The molecule has 1 N–H and O–H groups in total. The van der Waals surface area contributed by atoms with Crippen molar-refractivity contribution in [3.8, 4) is 0 Å². The Balaban J connectivity index is 1.82. The third-order valence-electron chi connectivity index (χ3n) is 2.46. The number of methoxy groups -OCH3 is 1. The quantitative estimate of drug-likeness (QED) is 0.770. The van der Waals surface area contributed by atoms with Gasteiger partial charge in [0.05, 0.1) is 19.3 Å². The maximum Gasteiger partial charge on any atom is 0.114 e. The Morgan fingerprint density at radius 3 is 3.11 bits per heavy atom. The van der Waals surface area contributed by atoms with Gasteiger partial charge in [0.25, 0.3) is 0 Å². The summed E-state index contributed by atoms with van der Waals surface area (Å²) in [6.07, 6.45) is 3.94. The van der Waals surface area contributed by atoms with Gasteiger partial charge in [0.15, 0.2) is 0 Å². The van der Waals surface area contributed by atoms with Gasteiger partial charge in [-0.05, 0) is 6.92 Å². The van der Waals surface area contributed by atoms with Crippen LogP contribution < -0.4 is 5.32 Å². The Morgan fingerprint density at radius 2 is 2.39 bits per heavy atom. The van der Waals surface area contributed by atoms with E-state index >= 15 is 0 Å². The van der Waals surface area contributed by atoms with E-state index in [2.05, 4.69) is 27.0 Å². The first-order valence-electron chi connectivity index (χ1n) is 5.90. The number of thiazole rings is 1. The number of nitrogens with one attached hydrogen (secondary N) is 1. The predicted octanol–water partition coefficient (Wildman–Crippen LogP) is 1.43. The monoisotopic (exact) mass is 266 g/mol. The molecule has 0 saturated carbocycles. The predicted molar refractivity (Wildman–Crippen MR) is 71.8 cm³/mol. The van der Waals surface area contributed by atoms with E-state index in [1.165, 1.54) is 5.56 Å². The highest BCUT2D eigenvalue weighted by atomic mass is 32.1. The SMILES string of the molecule is COCCNCc1cnn(Cc2nc(C)cs2)c1. The zero-order valence-electron chi connectivity index (χ0n) is 10.7. The van der Waals surface area contributed by atoms with E-state index in [0.29, 0.717) is 0 Å². The Labute approximate surface area is 111 Å². The maximum absolute atomic E-state index is 4.98. The number of rotatable bonds is 7. The van der Waals surface area contributed by atoms with Crippen molar-refractivity contribution in [1.82, 2.24) is 20.1 Å². The van der Waals surface area contributed by atoms with Crippen LogP contribution in [0, 0.1) is 6.92 Å². The zero-order valence-corrected chi connectivity index (χ0v) is 11.5. The molecule has 2 rings (SSSR count). The van der Waals surface area contributed by atoms with Crippen molar-refractivity contribution < 1.29 is 4.74 Å². The third-order valence-corrected chi connectivity index (χ3v) is 3.41. The number of hydrogen-bond donors (Lipinski definition) is 1. The highest BCUT2D eigenvalue weighted by Crippen LogP contribution is 2.10. The van der Waals surface area contributed by atoms with Crippen molar-refractivity contribution in [3.63, 3.8) is 0 Å². The third kappa shape index (κ3) is 3.90. The van der Waals surface area contributed by atoms with Gasteiger partial charge in [-0.3, -0.25) is 4.68 Å². The van der Waals surface area contributed by atoms with Crippen LogP contribution in [0.5, 0.6) is 0 Å². The first kappa shape index (κ1) is 13.2. The van der Waals surface area contributed by atoms with Gasteiger partial charge in [-0.2, -0.15) is 5.10 Å². The minimum absolute atomic E-state index is 0.729. The van der Waals surface area contributed by atoms with Crippen LogP contribution in [-0.4, -0.2) is 35.0 Å². The van der Waals surface area contributed by atoms with E-state index in [9.17, 15) is 0 Å². The lowest BCUT2D eigenvalue weighted by Gasteiger charge is -2.01. The molecule has 6 heteroatoms. The topological polar surface area (TPSA) is 52.0 Å². The van der Waals surface area contributed by atoms with Crippen LogP contribution in [-0.2, 0) is 17.8 Å². The summed E-state index contributed by atoms with van der Waals surface area (Å²) in [7, 11) is 1.70. The second-order valence-corrected chi connectivity index (χ2v) is 5.04. The smallest absolute Gasteiger partial charge is 0.114 e. The van der Waals surface area contributed by atoms with Crippen molar-refractivity contribution in [1.29, 1.82) is 0 Å². The summed E-state index contributed by atoms with van der Waals surface area (Å²) in [4.78, 5) is 4.43. The van der Waals surface area contributed by atoms with Gasteiger partial charge >= 0.3 is 0 Å². The van der Waals surface area contributed by atoms with Gasteiger partial charge in [0, 0.05) is 43.0 Å². The molecule has 2 aromatic heterocycles.